The number of anilines is 1. The van der Waals surface area contributed by atoms with E-state index < -0.39 is 8.15 Å². The molecular weight excluding hydrogens is 345 g/mol. The Morgan fingerprint density at radius 2 is 1.81 bits per heavy atom. The maximum absolute atomic E-state index is 9.77. The van der Waals surface area contributed by atoms with Crippen LogP contribution in [-0.2, 0) is 17.1 Å². The van der Waals surface area contributed by atoms with Gasteiger partial charge in [0.25, 0.3) is 0 Å². The molecule has 0 aliphatic rings. The molecule has 0 amide bonds. The molecule has 0 fully saturated rings. The zero-order valence-electron chi connectivity index (χ0n) is 15.2. The summed E-state index contributed by atoms with van der Waals surface area (Å²) in [6.07, 6.45) is 1.18. The molecule has 134 valence electrons. The SMILES string of the molecule is CCc1c(C#N)c(N(C)C)nc(P(Cc2ccccc2)OCN)c1C#N. The fraction of sp³-hybridized carbons (Fsp3) is 0.316. The highest BCUT2D eigenvalue weighted by Gasteiger charge is 2.26. The Labute approximate surface area is 155 Å². The van der Waals surface area contributed by atoms with Crippen molar-refractivity contribution in [1.82, 2.24) is 4.98 Å². The maximum Gasteiger partial charge on any atom is 0.147 e. The summed E-state index contributed by atoms with van der Waals surface area (Å²) in [5.74, 6) is 0.555. The van der Waals surface area contributed by atoms with E-state index in [0.717, 1.165) is 5.56 Å². The van der Waals surface area contributed by atoms with E-state index in [9.17, 15) is 10.5 Å². The second kappa shape index (κ2) is 9.27. The highest BCUT2D eigenvalue weighted by Crippen LogP contribution is 2.41. The first kappa shape index (κ1) is 19.8. The van der Waals surface area contributed by atoms with E-state index in [-0.39, 0.29) is 6.73 Å². The van der Waals surface area contributed by atoms with Gasteiger partial charge in [-0.2, -0.15) is 10.5 Å². The van der Waals surface area contributed by atoms with Gasteiger partial charge in [-0.3, -0.25) is 0 Å². The molecule has 0 radical (unpaired) electrons. The monoisotopic (exact) mass is 367 g/mol. The first-order valence-corrected chi connectivity index (χ1v) is 9.70. The zero-order chi connectivity index (χ0) is 19.1. The molecule has 2 aromatic rings. The van der Waals surface area contributed by atoms with Gasteiger partial charge in [-0.1, -0.05) is 37.3 Å². The predicted octanol–water partition coefficient (Wildman–Crippen LogP) is 2.61. The standard InChI is InChI=1S/C19H22N5OP/c1-4-15-16(10-20)18(24(2)3)23-19(17(15)11-21)26(25-13-22)12-14-8-6-5-7-9-14/h5-9H,4,12-13,22H2,1-3H3. The van der Waals surface area contributed by atoms with Crippen LogP contribution in [0.3, 0.4) is 0 Å². The van der Waals surface area contributed by atoms with Gasteiger partial charge in [-0.05, 0) is 17.5 Å². The molecule has 7 heteroatoms. The number of aromatic nitrogens is 1. The highest BCUT2D eigenvalue weighted by molar-refractivity contribution is 7.60. The first-order chi connectivity index (χ1) is 12.6. The van der Waals surface area contributed by atoms with Crippen LogP contribution in [0.25, 0.3) is 0 Å². The van der Waals surface area contributed by atoms with Crippen molar-refractivity contribution >= 4 is 19.4 Å². The molecule has 1 aromatic carbocycles. The smallest absolute Gasteiger partial charge is 0.147 e. The molecule has 1 heterocycles. The molecule has 2 N–H and O–H groups in total. The predicted molar refractivity (Wildman–Crippen MR) is 104 cm³/mol. The summed E-state index contributed by atoms with van der Waals surface area (Å²) in [6, 6.07) is 14.4. The van der Waals surface area contributed by atoms with Gasteiger partial charge in [0.1, 0.15) is 23.4 Å². The molecule has 0 saturated carbocycles. The normalized spacial score (nSPS) is 11.5. The Balaban J connectivity index is 2.65. The summed E-state index contributed by atoms with van der Waals surface area (Å²) in [7, 11) is 2.44. The third kappa shape index (κ3) is 4.18. The van der Waals surface area contributed by atoms with Gasteiger partial charge in [0, 0.05) is 20.3 Å². The number of nitrogens with two attached hydrogens (primary N) is 1. The molecule has 26 heavy (non-hydrogen) atoms. The Bertz CT molecular complexity index is 840. The van der Waals surface area contributed by atoms with Crippen LogP contribution in [-0.4, -0.2) is 25.8 Å². The summed E-state index contributed by atoms with van der Waals surface area (Å²) in [4.78, 5) is 6.46. The molecule has 0 spiro atoms. The second-order valence-corrected chi connectivity index (χ2v) is 7.53. The molecule has 0 aliphatic carbocycles. The molecule has 1 atom stereocenters. The lowest BCUT2D eigenvalue weighted by atomic mass is 10.0. The van der Waals surface area contributed by atoms with Gasteiger partial charge >= 0.3 is 0 Å². The number of hydrogen-bond donors (Lipinski definition) is 1. The van der Waals surface area contributed by atoms with Crippen molar-refractivity contribution in [3.05, 3.63) is 52.6 Å². The van der Waals surface area contributed by atoms with Gasteiger partial charge in [0.05, 0.1) is 26.0 Å². The van der Waals surface area contributed by atoms with Crippen LogP contribution in [0, 0.1) is 22.7 Å². The van der Waals surface area contributed by atoms with Gasteiger partial charge in [0.2, 0.25) is 0 Å². The quantitative estimate of drug-likeness (QED) is 0.596. The summed E-state index contributed by atoms with van der Waals surface area (Å²) < 4.78 is 5.81. The molecular formula is C19H22N5OP. The zero-order valence-corrected chi connectivity index (χ0v) is 16.1. The van der Waals surface area contributed by atoms with Gasteiger partial charge in [0.15, 0.2) is 0 Å². The number of nitrogens with zero attached hydrogens (tertiary/aromatic N) is 4. The van der Waals surface area contributed by atoms with Crippen molar-refractivity contribution < 1.29 is 4.52 Å². The van der Waals surface area contributed by atoms with E-state index in [1.807, 2.05) is 51.4 Å². The van der Waals surface area contributed by atoms with E-state index in [1.165, 1.54) is 0 Å². The van der Waals surface area contributed by atoms with Crippen molar-refractivity contribution in [3.63, 3.8) is 0 Å². The van der Waals surface area contributed by atoms with Gasteiger partial charge in [-0.25, -0.2) is 4.98 Å². The van der Waals surface area contributed by atoms with Crippen molar-refractivity contribution in [2.45, 2.75) is 19.5 Å². The highest BCUT2D eigenvalue weighted by atomic mass is 31.1. The first-order valence-electron chi connectivity index (χ1n) is 8.26. The lowest BCUT2D eigenvalue weighted by molar-refractivity contribution is 0.370. The maximum atomic E-state index is 9.77. The number of pyridine rings is 1. The molecule has 1 unspecified atom stereocenters. The molecule has 1 aromatic heterocycles. The van der Waals surface area contributed by atoms with Crippen LogP contribution in [0.4, 0.5) is 5.82 Å². The topological polar surface area (TPSA) is 99.0 Å². The average Bonchev–Trinajstić information content (AvgIpc) is 2.66. The molecule has 0 aliphatic heterocycles. The second-order valence-electron chi connectivity index (χ2n) is 5.78. The number of nitriles is 2. The third-order valence-corrected chi connectivity index (χ3v) is 5.81. The van der Waals surface area contributed by atoms with Crippen molar-refractivity contribution in [1.29, 1.82) is 10.5 Å². The Morgan fingerprint density at radius 3 is 2.31 bits per heavy atom. The summed E-state index contributed by atoms with van der Waals surface area (Å²) in [5, 5.41) is 19.4. The molecule has 0 bridgehead atoms. The molecule has 6 nitrogen and oxygen atoms in total. The largest absolute Gasteiger partial charge is 0.362 e. The van der Waals surface area contributed by atoms with Gasteiger partial charge < -0.3 is 15.2 Å². The van der Waals surface area contributed by atoms with Crippen LogP contribution in [0.15, 0.2) is 30.3 Å². The summed E-state index contributed by atoms with van der Waals surface area (Å²) in [5.41, 5.74) is 8.93. The minimum absolute atomic E-state index is 0.0455. The van der Waals surface area contributed by atoms with Crippen LogP contribution in [0.5, 0.6) is 0 Å². The molecule has 0 saturated heterocycles. The van der Waals surface area contributed by atoms with E-state index in [1.54, 1.807) is 4.90 Å². The fourth-order valence-electron chi connectivity index (χ4n) is 2.72. The van der Waals surface area contributed by atoms with E-state index in [2.05, 4.69) is 17.1 Å². The van der Waals surface area contributed by atoms with Gasteiger partial charge in [-0.15, -0.1) is 0 Å². The van der Waals surface area contributed by atoms with Crippen molar-refractivity contribution in [3.8, 4) is 12.1 Å². The fourth-order valence-corrected chi connectivity index (χ4v) is 4.45. The minimum atomic E-state index is -1.23. The van der Waals surface area contributed by atoms with Crippen LogP contribution < -0.4 is 16.1 Å². The minimum Gasteiger partial charge on any atom is -0.362 e. The van der Waals surface area contributed by atoms with Crippen molar-refractivity contribution in [2.24, 2.45) is 5.73 Å². The third-order valence-electron chi connectivity index (χ3n) is 3.90. The molecule has 2 rings (SSSR count). The number of rotatable bonds is 7. The van der Waals surface area contributed by atoms with E-state index in [4.69, 9.17) is 10.3 Å². The Hall–Kier alpha value is -2.50. The average molecular weight is 367 g/mol. The van der Waals surface area contributed by atoms with E-state index >= 15 is 0 Å². The van der Waals surface area contributed by atoms with Crippen LogP contribution in [0.2, 0.25) is 0 Å². The number of hydrogen-bond acceptors (Lipinski definition) is 6. The summed E-state index contributed by atoms with van der Waals surface area (Å²) >= 11 is 0. The Kier molecular flexibility index (Phi) is 7.06. The number of benzene rings is 1. The lowest BCUT2D eigenvalue weighted by Gasteiger charge is -2.23. The van der Waals surface area contributed by atoms with Crippen LogP contribution in [0.1, 0.15) is 29.2 Å². The lowest BCUT2D eigenvalue weighted by Crippen LogP contribution is -2.24. The Morgan fingerprint density at radius 1 is 1.15 bits per heavy atom. The van der Waals surface area contributed by atoms with Crippen LogP contribution >= 0.6 is 8.15 Å². The summed E-state index contributed by atoms with van der Waals surface area (Å²) in [6.45, 7) is 1.98. The van der Waals surface area contributed by atoms with E-state index in [0.29, 0.717) is 40.5 Å². The van der Waals surface area contributed by atoms with Crippen molar-refractivity contribution in [2.75, 3.05) is 25.7 Å².